The molecule has 0 spiro atoms. The Labute approximate surface area is 170 Å². The lowest BCUT2D eigenvalue weighted by Crippen LogP contribution is -2.11. The van der Waals surface area contributed by atoms with Gasteiger partial charge in [-0.05, 0) is 31.5 Å². The second-order valence-electron chi connectivity index (χ2n) is 7.47. The van der Waals surface area contributed by atoms with Crippen molar-refractivity contribution in [2.45, 2.75) is 32.7 Å². The van der Waals surface area contributed by atoms with Gasteiger partial charge in [-0.15, -0.1) is 0 Å². The van der Waals surface area contributed by atoms with E-state index in [4.69, 9.17) is 4.74 Å². The minimum absolute atomic E-state index is 0.284. The lowest BCUT2D eigenvalue weighted by Gasteiger charge is -2.13. The average molecular weight is 390 g/mol. The molecule has 0 saturated heterocycles. The number of nitrogens with one attached hydrogen (secondary N) is 2. The smallest absolute Gasteiger partial charge is 0.197 e. The maximum Gasteiger partial charge on any atom is 0.197 e. The van der Waals surface area contributed by atoms with E-state index in [1.807, 2.05) is 19.3 Å². The van der Waals surface area contributed by atoms with Gasteiger partial charge in [-0.25, -0.2) is 9.50 Å². The number of methoxy groups -OCH3 is 1. The van der Waals surface area contributed by atoms with E-state index in [1.165, 1.54) is 17.5 Å². The van der Waals surface area contributed by atoms with Crippen molar-refractivity contribution >= 4 is 5.65 Å². The van der Waals surface area contributed by atoms with Crippen LogP contribution in [-0.4, -0.2) is 39.0 Å². The lowest BCUT2D eigenvalue weighted by molar-refractivity contribution is 0.416. The van der Waals surface area contributed by atoms with Gasteiger partial charge in [-0.2, -0.15) is 10.2 Å². The van der Waals surface area contributed by atoms with Gasteiger partial charge in [0.1, 0.15) is 6.33 Å². The Morgan fingerprint density at radius 3 is 2.52 bits per heavy atom. The number of hydrogen-bond donors (Lipinski definition) is 2. The SMILES string of the molecule is CN[C@@H](C)c1ccc(-c2n[nH]c(-c3cc(OC)c4ncnn4c3)c2C(C)C)cc1. The maximum atomic E-state index is 5.52. The first-order chi connectivity index (χ1) is 14.0. The molecule has 0 aliphatic carbocycles. The summed E-state index contributed by atoms with van der Waals surface area (Å²) in [5.41, 5.74) is 7.10. The molecule has 3 heterocycles. The first-order valence-corrected chi connectivity index (χ1v) is 9.77. The van der Waals surface area contributed by atoms with Crippen molar-refractivity contribution in [2.24, 2.45) is 0 Å². The average Bonchev–Trinajstić information content (AvgIpc) is 3.39. The zero-order chi connectivity index (χ0) is 20.5. The van der Waals surface area contributed by atoms with Crippen LogP contribution in [-0.2, 0) is 0 Å². The van der Waals surface area contributed by atoms with Crippen LogP contribution in [0.4, 0.5) is 0 Å². The zero-order valence-electron chi connectivity index (χ0n) is 17.4. The molecule has 3 aromatic heterocycles. The Bertz CT molecular complexity index is 1130. The van der Waals surface area contributed by atoms with Crippen LogP contribution in [0.3, 0.4) is 0 Å². The summed E-state index contributed by atoms with van der Waals surface area (Å²) < 4.78 is 7.25. The Hall–Kier alpha value is -3.19. The number of nitrogens with zero attached hydrogens (tertiary/aromatic N) is 4. The fourth-order valence-corrected chi connectivity index (χ4v) is 3.63. The summed E-state index contributed by atoms with van der Waals surface area (Å²) in [6, 6.07) is 10.9. The highest BCUT2D eigenvalue weighted by atomic mass is 16.5. The molecule has 1 aromatic carbocycles. The summed E-state index contributed by atoms with van der Waals surface area (Å²) in [5, 5.41) is 15.5. The van der Waals surface area contributed by atoms with E-state index in [0.29, 0.717) is 17.4 Å². The fourth-order valence-electron chi connectivity index (χ4n) is 3.63. The molecule has 4 aromatic rings. The summed E-state index contributed by atoms with van der Waals surface area (Å²) in [6.45, 7) is 6.51. The third-order valence-electron chi connectivity index (χ3n) is 5.35. The second-order valence-corrected chi connectivity index (χ2v) is 7.47. The number of rotatable bonds is 6. The minimum atomic E-state index is 0.284. The summed E-state index contributed by atoms with van der Waals surface area (Å²) in [7, 11) is 3.61. The molecule has 0 saturated carbocycles. The van der Waals surface area contributed by atoms with Gasteiger partial charge in [0.25, 0.3) is 0 Å². The largest absolute Gasteiger partial charge is 0.493 e. The molecule has 29 heavy (non-hydrogen) atoms. The summed E-state index contributed by atoms with van der Waals surface area (Å²) in [4.78, 5) is 4.26. The monoisotopic (exact) mass is 390 g/mol. The lowest BCUT2D eigenvalue weighted by atomic mass is 9.93. The van der Waals surface area contributed by atoms with E-state index in [9.17, 15) is 0 Å². The van der Waals surface area contributed by atoms with Gasteiger partial charge in [0.2, 0.25) is 0 Å². The van der Waals surface area contributed by atoms with Crippen LogP contribution in [0.1, 0.15) is 43.9 Å². The molecular weight excluding hydrogens is 364 g/mol. The van der Waals surface area contributed by atoms with Gasteiger partial charge in [0.05, 0.1) is 18.5 Å². The highest BCUT2D eigenvalue weighted by Crippen LogP contribution is 2.37. The number of ether oxygens (including phenoxy) is 1. The summed E-state index contributed by atoms with van der Waals surface area (Å²) in [6.07, 6.45) is 3.48. The molecule has 7 nitrogen and oxygen atoms in total. The predicted octanol–water partition coefficient (Wildman–Crippen LogP) is 4.20. The summed E-state index contributed by atoms with van der Waals surface area (Å²) >= 11 is 0. The number of pyridine rings is 1. The molecule has 150 valence electrons. The first kappa shape index (κ1) is 19.1. The van der Waals surface area contributed by atoms with Crippen molar-refractivity contribution in [3.63, 3.8) is 0 Å². The molecule has 0 aliphatic heterocycles. The predicted molar refractivity (Wildman–Crippen MR) is 114 cm³/mol. The van der Waals surface area contributed by atoms with Crippen LogP contribution >= 0.6 is 0 Å². The molecule has 0 unspecified atom stereocenters. The standard InChI is InChI=1S/C22H26N6O/c1-13(2)19-20(16-8-6-15(7-9-16)14(3)23-4)26-27-21(19)17-10-18(29-5)22-24-12-25-28(22)11-17/h6-14,23H,1-5H3,(H,26,27)/t14-/m0/s1. The first-order valence-electron chi connectivity index (χ1n) is 9.77. The molecule has 0 bridgehead atoms. The van der Waals surface area contributed by atoms with Gasteiger partial charge in [-0.1, -0.05) is 38.1 Å². The third kappa shape index (κ3) is 3.38. The number of fused-ring (bicyclic) bond motifs is 1. The van der Waals surface area contributed by atoms with Crippen LogP contribution in [0.5, 0.6) is 5.75 Å². The number of aromatic nitrogens is 5. The maximum absolute atomic E-state index is 5.52. The molecule has 2 N–H and O–H groups in total. The van der Waals surface area contributed by atoms with E-state index in [2.05, 4.69) is 70.6 Å². The normalized spacial score (nSPS) is 12.6. The number of hydrogen-bond acceptors (Lipinski definition) is 5. The van der Waals surface area contributed by atoms with Crippen molar-refractivity contribution in [3.8, 4) is 28.3 Å². The van der Waals surface area contributed by atoms with Crippen molar-refractivity contribution in [2.75, 3.05) is 14.2 Å². The molecule has 0 radical (unpaired) electrons. The van der Waals surface area contributed by atoms with E-state index in [0.717, 1.165) is 22.5 Å². The van der Waals surface area contributed by atoms with Gasteiger partial charge >= 0.3 is 0 Å². The van der Waals surface area contributed by atoms with Gasteiger partial charge in [-0.3, -0.25) is 5.10 Å². The zero-order valence-corrected chi connectivity index (χ0v) is 17.4. The van der Waals surface area contributed by atoms with Crippen LogP contribution in [0.15, 0.2) is 42.9 Å². The van der Waals surface area contributed by atoms with Gasteiger partial charge in [0, 0.05) is 28.9 Å². The van der Waals surface area contributed by atoms with E-state index >= 15 is 0 Å². The van der Waals surface area contributed by atoms with Gasteiger partial charge in [0.15, 0.2) is 11.4 Å². The van der Waals surface area contributed by atoms with Crippen molar-refractivity contribution in [1.29, 1.82) is 0 Å². The minimum Gasteiger partial charge on any atom is -0.493 e. The number of aromatic amines is 1. The second kappa shape index (κ2) is 7.67. The molecular formula is C22H26N6O. The Balaban J connectivity index is 1.82. The Morgan fingerprint density at radius 2 is 1.86 bits per heavy atom. The highest BCUT2D eigenvalue weighted by molar-refractivity contribution is 5.76. The van der Waals surface area contributed by atoms with Crippen molar-refractivity contribution in [3.05, 3.63) is 54.0 Å². The van der Waals surface area contributed by atoms with Crippen molar-refractivity contribution < 1.29 is 4.74 Å². The van der Waals surface area contributed by atoms with Crippen LogP contribution < -0.4 is 10.1 Å². The molecule has 4 rings (SSSR count). The Morgan fingerprint density at radius 1 is 1.10 bits per heavy atom. The highest BCUT2D eigenvalue weighted by Gasteiger charge is 2.21. The van der Waals surface area contributed by atoms with E-state index < -0.39 is 0 Å². The molecule has 0 aliphatic rings. The van der Waals surface area contributed by atoms with Crippen molar-refractivity contribution in [1.82, 2.24) is 30.1 Å². The molecule has 7 heteroatoms. The number of H-pyrrole nitrogens is 1. The van der Waals surface area contributed by atoms with Crippen LogP contribution in [0.25, 0.3) is 28.2 Å². The van der Waals surface area contributed by atoms with E-state index in [1.54, 1.807) is 11.6 Å². The Kier molecular flexibility index (Phi) is 5.07. The third-order valence-corrected chi connectivity index (χ3v) is 5.35. The molecule has 1 atom stereocenters. The van der Waals surface area contributed by atoms with E-state index in [-0.39, 0.29) is 5.92 Å². The van der Waals surface area contributed by atoms with Crippen LogP contribution in [0, 0.1) is 0 Å². The fraction of sp³-hybridized carbons (Fsp3) is 0.318. The molecule has 0 fully saturated rings. The molecule has 0 amide bonds. The van der Waals surface area contributed by atoms with Gasteiger partial charge < -0.3 is 10.1 Å². The van der Waals surface area contributed by atoms with Crippen LogP contribution in [0.2, 0.25) is 0 Å². The topological polar surface area (TPSA) is 80.1 Å². The number of benzene rings is 1. The quantitative estimate of drug-likeness (QED) is 0.516. The summed E-state index contributed by atoms with van der Waals surface area (Å²) in [5.74, 6) is 0.961.